The zero-order valence-electron chi connectivity index (χ0n) is 7.22. The summed E-state index contributed by atoms with van der Waals surface area (Å²) in [6, 6.07) is 5.44. The molecule has 0 bridgehead atoms. The van der Waals surface area contributed by atoms with Crippen molar-refractivity contribution in [3.05, 3.63) is 47.5 Å². The number of nitrogens with zero attached hydrogens (tertiary/aromatic N) is 2. The lowest BCUT2D eigenvalue weighted by molar-refractivity contribution is 0.479. The summed E-state index contributed by atoms with van der Waals surface area (Å²) in [5, 5.41) is 0. The summed E-state index contributed by atoms with van der Waals surface area (Å²) in [6.07, 6.45) is 6.73. The summed E-state index contributed by atoms with van der Waals surface area (Å²) in [5.41, 5.74) is 0. The molecule has 4 heteroatoms. The number of pyridine rings is 2. The fourth-order valence-electron chi connectivity index (χ4n) is 0.991. The first-order valence-electron chi connectivity index (χ1n) is 4.03. The van der Waals surface area contributed by atoms with Crippen LogP contribution in [0.1, 0.15) is 0 Å². The van der Waals surface area contributed by atoms with Crippen LogP contribution in [-0.4, -0.2) is 9.97 Å². The predicted octanol–water partition coefficient (Wildman–Crippen LogP) is 3.03. The van der Waals surface area contributed by atoms with E-state index < -0.39 is 0 Å². The molecule has 0 aliphatic heterocycles. The molecule has 0 unspecified atom stereocenters. The van der Waals surface area contributed by atoms with Gasteiger partial charge in [0.15, 0.2) is 0 Å². The number of aromatic nitrogens is 2. The van der Waals surface area contributed by atoms with E-state index in [9.17, 15) is 0 Å². The zero-order chi connectivity index (χ0) is 9.80. The first-order valence-corrected chi connectivity index (χ1v) is 4.82. The first-order chi connectivity index (χ1) is 6.84. The average molecular weight is 251 g/mol. The molecule has 70 valence electrons. The molecule has 0 amide bonds. The molecular weight excluding hydrogens is 244 g/mol. The Balaban J connectivity index is 2.19. The van der Waals surface area contributed by atoms with Gasteiger partial charge >= 0.3 is 0 Å². The van der Waals surface area contributed by atoms with Crippen LogP contribution >= 0.6 is 15.9 Å². The SMILES string of the molecule is Brc1cncc(Oc2ccncc2)c1. The zero-order valence-corrected chi connectivity index (χ0v) is 8.81. The van der Waals surface area contributed by atoms with Crippen LogP contribution in [0, 0.1) is 0 Å². The molecule has 2 heterocycles. The van der Waals surface area contributed by atoms with Gasteiger partial charge in [-0.05, 0) is 34.1 Å². The highest BCUT2D eigenvalue weighted by atomic mass is 79.9. The molecule has 0 aromatic carbocycles. The van der Waals surface area contributed by atoms with E-state index in [0.29, 0.717) is 5.75 Å². The standard InChI is InChI=1S/C10H7BrN2O/c11-8-5-10(7-13-6-8)14-9-1-3-12-4-2-9/h1-7H. The van der Waals surface area contributed by atoms with Crippen molar-refractivity contribution in [2.75, 3.05) is 0 Å². The van der Waals surface area contributed by atoms with Crippen molar-refractivity contribution in [1.82, 2.24) is 9.97 Å². The summed E-state index contributed by atoms with van der Waals surface area (Å²) in [5.74, 6) is 1.45. The van der Waals surface area contributed by atoms with Crippen LogP contribution in [0.2, 0.25) is 0 Å². The highest BCUT2D eigenvalue weighted by molar-refractivity contribution is 9.10. The third-order valence-electron chi connectivity index (χ3n) is 1.57. The van der Waals surface area contributed by atoms with E-state index in [1.54, 1.807) is 36.9 Å². The van der Waals surface area contributed by atoms with E-state index in [0.717, 1.165) is 10.2 Å². The molecule has 0 atom stereocenters. The van der Waals surface area contributed by atoms with Crippen molar-refractivity contribution >= 4 is 15.9 Å². The third kappa shape index (κ3) is 2.29. The van der Waals surface area contributed by atoms with Crippen LogP contribution in [0.3, 0.4) is 0 Å². The van der Waals surface area contributed by atoms with Gasteiger partial charge in [0.1, 0.15) is 11.5 Å². The predicted molar refractivity (Wildman–Crippen MR) is 56.2 cm³/mol. The number of hydrogen-bond donors (Lipinski definition) is 0. The van der Waals surface area contributed by atoms with Gasteiger partial charge in [0.2, 0.25) is 0 Å². The van der Waals surface area contributed by atoms with Crippen molar-refractivity contribution in [3.8, 4) is 11.5 Å². The van der Waals surface area contributed by atoms with E-state index in [1.165, 1.54) is 0 Å². The summed E-state index contributed by atoms with van der Waals surface area (Å²) in [4.78, 5) is 7.89. The Labute approximate surface area is 89.9 Å². The van der Waals surface area contributed by atoms with Crippen LogP contribution in [0.4, 0.5) is 0 Å². The first kappa shape index (κ1) is 9.15. The Morgan fingerprint density at radius 3 is 2.50 bits per heavy atom. The number of ether oxygens (including phenoxy) is 1. The minimum Gasteiger partial charge on any atom is -0.456 e. The molecule has 2 aromatic heterocycles. The molecule has 0 radical (unpaired) electrons. The van der Waals surface area contributed by atoms with Gasteiger partial charge < -0.3 is 4.74 Å². The van der Waals surface area contributed by atoms with Gasteiger partial charge in [-0.15, -0.1) is 0 Å². The van der Waals surface area contributed by atoms with E-state index >= 15 is 0 Å². The average Bonchev–Trinajstić information content (AvgIpc) is 2.19. The molecule has 0 aliphatic carbocycles. The normalized spacial score (nSPS) is 9.79. The largest absolute Gasteiger partial charge is 0.456 e. The second kappa shape index (κ2) is 4.19. The van der Waals surface area contributed by atoms with Crippen LogP contribution < -0.4 is 4.74 Å². The smallest absolute Gasteiger partial charge is 0.146 e. The Bertz CT molecular complexity index is 419. The van der Waals surface area contributed by atoms with E-state index in [4.69, 9.17) is 4.74 Å². The summed E-state index contributed by atoms with van der Waals surface area (Å²) < 4.78 is 6.42. The van der Waals surface area contributed by atoms with Crippen molar-refractivity contribution in [3.63, 3.8) is 0 Å². The fourth-order valence-corrected chi connectivity index (χ4v) is 1.33. The maximum absolute atomic E-state index is 5.53. The molecule has 14 heavy (non-hydrogen) atoms. The number of rotatable bonds is 2. The van der Waals surface area contributed by atoms with Gasteiger partial charge in [-0.25, -0.2) is 0 Å². The molecule has 3 nitrogen and oxygen atoms in total. The van der Waals surface area contributed by atoms with Crippen LogP contribution in [0.5, 0.6) is 11.5 Å². The topological polar surface area (TPSA) is 35.0 Å². The molecule has 0 spiro atoms. The van der Waals surface area contributed by atoms with Crippen molar-refractivity contribution < 1.29 is 4.74 Å². The molecule has 0 saturated carbocycles. The number of halogens is 1. The molecule has 0 saturated heterocycles. The van der Waals surface area contributed by atoms with Gasteiger partial charge in [0.05, 0.1) is 6.20 Å². The Hall–Kier alpha value is -1.42. The minimum atomic E-state index is 0.700. The van der Waals surface area contributed by atoms with E-state index in [-0.39, 0.29) is 0 Å². The second-order valence-electron chi connectivity index (χ2n) is 2.62. The quantitative estimate of drug-likeness (QED) is 0.822. The van der Waals surface area contributed by atoms with E-state index in [1.807, 2.05) is 6.07 Å². The van der Waals surface area contributed by atoms with Gasteiger partial charge in [-0.1, -0.05) is 0 Å². The van der Waals surface area contributed by atoms with Crippen LogP contribution in [-0.2, 0) is 0 Å². The third-order valence-corrected chi connectivity index (χ3v) is 2.00. The Kier molecular flexibility index (Phi) is 2.74. The maximum atomic E-state index is 5.53. The van der Waals surface area contributed by atoms with Gasteiger partial charge in [0, 0.05) is 23.1 Å². The molecule has 0 fully saturated rings. The molecule has 0 aliphatic rings. The Morgan fingerprint density at radius 2 is 1.79 bits per heavy atom. The van der Waals surface area contributed by atoms with Gasteiger partial charge in [-0.3, -0.25) is 9.97 Å². The lowest BCUT2D eigenvalue weighted by Gasteiger charge is -2.03. The van der Waals surface area contributed by atoms with Crippen molar-refractivity contribution in [2.24, 2.45) is 0 Å². The molecular formula is C10H7BrN2O. The monoisotopic (exact) mass is 250 g/mol. The lowest BCUT2D eigenvalue weighted by Crippen LogP contribution is -1.85. The number of hydrogen-bond acceptors (Lipinski definition) is 3. The summed E-state index contributed by atoms with van der Waals surface area (Å²) in [6.45, 7) is 0. The molecule has 0 N–H and O–H groups in total. The van der Waals surface area contributed by atoms with Gasteiger partial charge in [0.25, 0.3) is 0 Å². The second-order valence-corrected chi connectivity index (χ2v) is 3.54. The van der Waals surface area contributed by atoms with Crippen molar-refractivity contribution in [1.29, 1.82) is 0 Å². The van der Waals surface area contributed by atoms with Crippen LogP contribution in [0.15, 0.2) is 47.5 Å². The van der Waals surface area contributed by atoms with E-state index in [2.05, 4.69) is 25.9 Å². The Morgan fingerprint density at radius 1 is 1.00 bits per heavy atom. The molecule has 2 aromatic rings. The van der Waals surface area contributed by atoms with Gasteiger partial charge in [-0.2, -0.15) is 0 Å². The maximum Gasteiger partial charge on any atom is 0.146 e. The highest BCUT2D eigenvalue weighted by Crippen LogP contribution is 2.22. The van der Waals surface area contributed by atoms with Crippen molar-refractivity contribution in [2.45, 2.75) is 0 Å². The highest BCUT2D eigenvalue weighted by Gasteiger charge is 1.97. The summed E-state index contributed by atoms with van der Waals surface area (Å²) in [7, 11) is 0. The van der Waals surface area contributed by atoms with Crippen LogP contribution in [0.25, 0.3) is 0 Å². The summed E-state index contributed by atoms with van der Waals surface area (Å²) >= 11 is 3.32. The lowest BCUT2D eigenvalue weighted by atomic mass is 10.4. The molecule has 2 rings (SSSR count). The fraction of sp³-hybridized carbons (Fsp3) is 0. The minimum absolute atomic E-state index is 0.700.